The van der Waals surface area contributed by atoms with Gasteiger partial charge in [0, 0.05) is 22.0 Å². The van der Waals surface area contributed by atoms with E-state index in [0.717, 1.165) is 22.2 Å². The van der Waals surface area contributed by atoms with Gasteiger partial charge < -0.3 is 0 Å². The second kappa shape index (κ2) is 4.70. The molecule has 0 unspecified atom stereocenters. The Bertz CT molecular complexity index is 689. The van der Waals surface area contributed by atoms with Gasteiger partial charge in [-0.3, -0.25) is 9.78 Å². The highest BCUT2D eigenvalue weighted by Gasteiger charge is 2.08. The number of nitrogens with zero attached hydrogens (tertiary/aromatic N) is 1. The van der Waals surface area contributed by atoms with Crippen LogP contribution in [0.25, 0.3) is 10.9 Å². The van der Waals surface area contributed by atoms with Crippen molar-refractivity contribution in [2.45, 2.75) is 6.42 Å². The smallest absolute Gasteiger partial charge is 0.169 e. The first-order valence-corrected chi connectivity index (χ1v) is 6.67. The van der Waals surface area contributed by atoms with Gasteiger partial charge in [0.25, 0.3) is 0 Å². The van der Waals surface area contributed by atoms with E-state index in [9.17, 15) is 4.79 Å². The summed E-state index contributed by atoms with van der Waals surface area (Å²) in [6.07, 6.45) is 0.363. The summed E-state index contributed by atoms with van der Waals surface area (Å²) >= 11 is 1.54. The molecule has 0 saturated heterocycles. The van der Waals surface area contributed by atoms with Crippen molar-refractivity contribution < 1.29 is 4.79 Å². The topological polar surface area (TPSA) is 30.0 Å². The molecular formula is C15H11NOS. The Labute approximate surface area is 109 Å². The van der Waals surface area contributed by atoms with Crippen molar-refractivity contribution in [1.29, 1.82) is 0 Å². The van der Waals surface area contributed by atoms with Crippen LogP contribution in [0.15, 0.2) is 53.2 Å². The maximum absolute atomic E-state index is 12.0. The predicted octanol–water partition coefficient (Wildman–Crippen LogP) is 3.72. The monoisotopic (exact) mass is 253 g/mol. The molecule has 0 radical (unpaired) electrons. The standard InChI is InChI=1S/C15H11NOS/c17-15(12-7-8-18-10-12)9-13-6-5-11-3-1-2-4-14(11)16-13/h1-8,10H,9H2. The summed E-state index contributed by atoms with van der Waals surface area (Å²) in [4.78, 5) is 16.5. The van der Waals surface area contributed by atoms with E-state index in [0.29, 0.717) is 6.42 Å². The van der Waals surface area contributed by atoms with Gasteiger partial charge in [0.15, 0.2) is 5.78 Å². The number of ketones is 1. The molecule has 0 aliphatic rings. The van der Waals surface area contributed by atoms with Crippen LogP contribution in [0.1, 0.15) is 16.1 Å². The molecule has 1 aromatic carbocycles. The Morgan fingerprint density at radius 1 is 1.11 bits per heavy atom. The fourth-order valence-electron chi connectivity index (χ4n) is 1.90. The molecule has 3 heteroatoms. The van der Waals surface area contributed by atoms with E-state index in [2.05, 4.69) is 4.98 Å². The van der Waals surface area contributed by atoms with Crippen LogP contribution < -0.4 is 0 Å². The van der Waals surface area contributed by atoms with Gasteiger partial charge in [-0.15, -0.1) is 0 Å². The summed E-state index contributed by atoms with van der Waals surface area (Å²) in [7, 11) is 0. The summed E-state index contributed by atoms with van der Waals surface area (Å²) in [5.74, 6) is 0.124. The molecule has 0 atom stereocenters. The summed E-state index contributed by atoms with van der Waals surface area (Å²) in [6.45, 7) is 0. The minimum atomic E-state index is 0.124. The number of benzene rings is 1. The average molecular weight is 253 g/mol. The van der Waals surface area contributed by atoms with Crippen LogP contribution >= 0.6 is 11.3 Å². The van der Waals surface area contributed by atoms with Gasteiger partial charge in [-0.1, -0.05) is 24.3 Å². The number of carbonyl (C=O) groups is 1. The van der Waals surface area contributed by atoms with Gasteiger partial charge in [-0.05, 0) is 23.6 Å². The molecule has 0 aliphatic heterocycles. The lowest BCUT2D eigenvalue weighted by Crippen LogP contribution is -2.03. The molecule has 0 fully saturated rings. The quantitative estimate of drug-likeness (QED) is 0.666. The van der Waals surface area contributed by atoms with Gasteiger partial charge in [0.1, 0.15) is 0 Å². The number of thiophene rings is 1. The van der Waals surface area contributed by atoms with Gasteiger partial charge in [-0.2, -0.15) is 11.3 Å². The third-order valence-electron chi connectivity index (χ3n) is 2.84. The molecule has 2 nitrogen and oxygen atoms in total. The fourth-order valence-corrected chi connectivity index (χ4v) is 2.56. The number of carbonyl (C=O) groups excluding carboxylic acids is 1. The number of aromatic nitrogens is 1. The summed E-state index contributed by atoms with van der Waals surface area (Å²) < 4.78 is 0. The van der Waals surface area contributed by atoms with Crippen molar-refractivity contribution in [1.82, 2.24) is 4.98 Å². The van der Waals surface area contributed by atoms with E-state index < -0.39 is 0 Å². The zero-order valence-electron chi connectivity index (χ0n) is 9.67. The molecule has 0 amide bonds. The van der Waals surface area contributed by atoms with Crippen LogP contribution in [0.2, 0.25) is 0 Å². The van der Waals surface area contributed by atoms with E-state index in [-0.39, 0.29) is 5.78 Å². The summed E-state index contributed by atoms with van der Waals surface area (Å²) in [6, 6.07) is 13.7. The van der Waals surface area contributed by atoms with E-state index in [4.69, 9.17) is 0 Å². The van der Waals surface area contributed by atoms with E-state index in [1.807, 2.05) is 53.2 Å². The number of Topliss-reactive ketones (excluding diaryl/α,β-unsaturated/α-hetero) is 1. The highest BCUT2D eigenvalue weighted by atomic mass is 32.1. The van der Waals surface area contributed by atoms with Crippen LogP contribution in [0, 0.1) is 0 Å². The van der Waals surface area contributed by atoms with Crippen molar-refractivity contribution >= 4 is 28.0 Å². The zero-order chi connectivity index (χ0) is 12.4. The number of rotatable bonds is 3. The second-order valence-electron chi connectivity index (χ2n) is 4.11. The first kappa shape index (κ1) is 11.1. The maximum atomic E-state index is 12.0. The van der Waals surface area contributed by atoms with Crippen LogP contribution in [0.3, 0.4) is 0 Å². The van der Waals surface area contributed by atoms with Crippen LogP contribution in [-0.2, 0) is 6.42 Å². The summed E-state index contributed by atoms with van der Waals surface area (Å²) in [5.41, 5.74) is 2.54. The van der Waals surface area contributed by atoms with Gasteiger partial charge in [-0.25, -0.2) is 0 Å². The van der Waals surface area contributed by atoms with Crippen molar-refractivity contribution in [2.24, 2.45) is 0 Å². The van der Waals surface area contributed by atoms with E-state index in [1.54, 1.807) is 0 Å². The Kier molecular flexibility index (Phi) is 2.90. The van der Waals surface area contributed by atoms with E-state index >= 15 is 0 Å². The first-order chi connectivity index (χ1) is 8.83. The fraction of sp³-hybridized carbons (Fsp3) is 0.0667. The Morgan fingerprint density at radius 2 is 2.00 bits per heavy atom. The third kappa shape index (κ3) is 2.17. The molecule has 0 spiro atoms. The number of hydrogen-bond donors (Lipinski definition) is 0. The molecule has 2 aromatic heterocycles. The summed E-state index contributed by atoms with van der Waals surface area (Å²) in [5, 5.41) is 4.90. The molecule has 3 rings (SSSR count). The first-order valence-electron chi connectivity index (χ1n) is 5.73. The van der Waals surface area contributed by atoms with Crippen LogP contribution in [-0.4, -0.2) is 10.8 Å². The van der Waals surface area contributed by atoms with Gasteiger partial charge in [0.2, 0.25) is 0 Å². The van der Waals surface area contributed by atoms with Gasteiger partial charge >= 0.3 is 0 Å². The predicted molar refractivity (Wildman–Crippen MR) is 74.1 cm³/mol. The third-order valence-corrected chi connectivity index (χ3v) is 3.52. The van der Waals surface area contributed by atoms with E-state index in [1.165, 1.54) is 11.3 Å². The SMILES string of the molecule is O=C(Cc1ccc2ccccc2n1)c1ccsc1. The lowest BCUT2D eigenvalue weighted by Gasteiger charge is -2.01. The van der Waals surface area contributed by atoms with Crippen molar-refractivity contribution in [3.05, 3.63) is 64.5 Å². The van der Waals surface area contributed by atoms with Crippen molar-refractivity contribution in [3.8, 4) is 0 Å². The molecule has 2 heterocycles. The highest BCUT2D eigenvalue weighted by molar-refractivity contribution is 7.08. The normalized spacial score (nSPS) is 10.7. The minimum absolute atomic E-state index is 0.124. The Hall–Kier alpha value is -2.00. The van der Waals surface area contributed by atoms with Gasteiger partial charge in [0.05, 0.1) is 11.9 Å². The molecule has 0 bridgehead atoms. The number of para-hydroxylation sites is 1. The molecule has 88 valence electrons. The lowest BCUT2D eigenvalue weighted by atomic mass is 10.1. The van der Waals surface area contributed by atoms with Crippen molar-refractivity contribution in [2.75, 3.05) is 0 Å². The zero-order valence-corrected chi connectivity index (χ0v) is 10.5. The van der Waals surface area contributed by atoms with Crippen LogP contribution in [0.5, 0.6) is 0 Å². The molecule has 0 N–H and O–H groups in total. The lowest BCUT2D eigenvalue weighted by molar-refractivity contribution is 0.0992. The largest absolute Gasteiger partial charge is 0.294 e. The Balaban J connectivity index is 1.89. The maximum Gasteiger partial charge on any atom is 0.169 e. The second-order valence-corrected chi connectivity index (χ2v) is 4.89. The Morgan fingerprint density at radius 3 is 2.83 bits per heavy atom. The molecule has 0 aliphatic carbocycles. The minimum Gasteiger partial charge on any atom is -0.294 e. The molecule has 0 saturated carbocycles. The number of fused-ring (bicyclic) bond motifs is 1. The van der Waals surface area contributed by atoms with Crippen molar-refractivity contribution in [3.63, 3.8) is 0 Å². The molecule has 18 heavy (non-hydrogen) atoms. The highest BCUT2D eigenvalue weighted by Crippen LogP contribution is 2.14. The average Bonchev–Trinajstić information content (AvgIpc) is 2.92. The number of hydrogen-bond acceptors (Lipinski definition) is 3. The van der Waals surface area contributed by atoms with Crippen LogP contribution in [0.4, 0.5) is 0 Å². The molecular weight excluding hydrogens is 242 g/mol. The number of pyridine rings is 1. The molecule has 3 aromatic rings.